The van der Waals surface area contributed by atoms with Crippen LogP contribution < -0.4 is 4.74 Å². The summed E-state index contributed by atoms with van der Waals surface area (Å²) in [6.45, 7) is 2.31. The van der Waals surface area contributed by atoms with E-state index >= 15 is 0 Å². The van der Waals surface area contributed by atoms with Gasteiger partial charge >= 0.3 is 0 Å². The van der Waals surface area contributed by atoms with Crippen LogP contribution in [0.1, 0.15) is 23.2 Å². The molecule has 1 saturated heterocycles. The van der Waals surface area contributed by atoms with Crippen molar-refractivity contribution in [3.8, 4) is 11.5 Å². The standard InChI is InChI=1S/C20H23NO3/c1-23-15-16-6-5-13-21(14-16)20(22)17-9-11-19(12-10-17)24-18-7-3-2-4-8-18/h2-4,7-12,16H,5-6,13-15H2,1H3. The van der Waals surface area contributed by atoms with Crippen molar-refractivity contribution in [2.45, 2.75) is 12.8 Å². The van der Waals surface area contributed by atoms with Crippen molar-refractivity contribution in [1.82, 2.24) is 4.90 Å². The molecule has 126 valence electrons. The lowest BCUT2D eigenvalue weighted by Gasteiger charge is -2.32. The first-order valence-corrected chi connectivity index (χ1v) is 8.37. The lowest BCUT2D eigenvalue weighted by Crippen LogP contribution is -2.41. The van der Waals surface area contributed by atoms with Gasteiger partial charge in [0.05, 0.1) is 6.61 Å². The highest BCUT2D eigenvalue weighted by Crippen LogP contribution is 2.23. The summed E-state index contributed by atoms with van der Waals surface area (Å²) in [5.74, 6) is 2.04. The third-order valence-corrected chi connectivity index (χ3v) is 4.29. The predicted octanol–water partition coefficient (Wildman–Crippen LogP) is 3.98. The summed E-state index contributed by atoms with van der Waals surface area (Å²) in [6.07, 6.45) is 2.16. The number of rotatable bonds is 5. The lowest BCUT2D eigenvalue weighted by atomic mass is 9.98. The Morgan fingerprint density at radius 3 is 2.50 bits per heavy atom. The molecule has 1 heterocycles. The van der Waals surface area contributed by atoms with Crippen LogP contribution in [0, 0.1) is 5.92 Å². The minimum absolute atomic E-state index is 0.0852. The van der Waals surface area contributed by atoms with E-state index in [1.165, 1.54) is 0 Å². The summed E-state index contributed by atoms with van der Waals surface area (Å²) in [4.78, 5) is 14.6. The highest BCUT2D eigenvalue weighted by Gasteiger charge is 2.24. The van der Waals surface area contributed by atoms with Gasteiger partial charge in [0.15, 0.2) is 0 Å². The van der Waals surface area contributed by atoms with E-state index in [-0.39, 0.29) is 5.91 Å². The third-order valence-electron chi connectivity index (χ3n) is 4.29. The second-order valence-electron chi connectivity index (χ2n) is 6.15. The van der Waals surface area contributed by atoms with Crippen LogP contribution >= 0.6 is 0 Å². The van der Waals surface area contributed by atoms with Crippen molar-refractivity contribution in [3.63, 3.8) is 0 Å². The molecule has 0 saturated carbocycles. The molecule has 1 amide bonds. The first-order valence-electron chi connectivity index (χ1n) is 8.37. The topological polar surface area (TPSA) is 38.8 Å². The van der Waals surface area contributed by atoms with E-state index in [1.54, 1.807) is 7.11 Å². The van der Waals surface area contributed by atoms with Crippen molar-refractivity contribution in [2.75, 3.05) is 26.8 Å². The smallest absolute Gasteiger partial charge is 0.253 e. The number of methoxy groups -OCH3 is 1. The number of ether oxygens (including phenoxy) is 2. The van der Waals surface area contributed by atoms with Crippen molar-refractivity contribution in [2.24, 2.45) is 5.92 Å². The Kier molecular flexibility index (Phi) is 5.49. The molecule has 2 aromatic rings. The summed E-state index contributed by atoms with van der Waals surface area (Å²) >= 11 is 0. The number of hydrogen-bond acceptors (Lipinski definition) is 3. The van der Waals surface area contributed by atoms with Crippen LogP contribution in [-0.4, -0.2) is 37.6 Å². The van der Waals surface area contributed by atoms with Gasteiger partial charge in [-0.05, 0) is 55.2 Å². The Bertz CT molecular complexity index is 652. The zero-order valence-electron chi connectivity index (χ0n) is 14.0. The summed E-state index contributed by atoms with van der Waals surface area (Å²) < 4.78 is 11.0. The summed E-state index contributed by atoms with van der Waals surface area (Å²) in [6, 6.07) is 17.0. The molecule has 1 atom stereocenters. The van der Waals surface area contributed by atoms with Gasteiger partial charge in [-0.1, -0.05) is 18.2 Å². The van der Waals surface area contributed by atoms with Gasteiger partial charge in [0.1, 0.15) is 11.5 Å². The Hall–Kier alpha value is -2.33. The molecule has 0 spiro atoms. The van der Waals surface area contributed by atoms with Crippen molar-refractivity contribution in [1.29, 1.82) is 0 Å². The minimum Gasteiger partial charge on any atom is -0.457 e. The van der Waals surface area contributed by atoms with E-state index in [4.69, 9.17) is 9.47 Å². The second kappa shape index (κ2) is 7.97. The fourth-order valence-corrected chi connectivity index (χ4v) is 3.09. The van der Waals surface area contributed by atoms with Crippen LogP contribution in [-0.2, 0) is 4.74 Å². The van der Waals surface area contributed by atoms with Gasteiger partial charge in [-0.25, -0.2) is 0 Å². The average molecular weight is 325 g/mol. The highest BCUT2D eigenvalue weighted by molar-refractivity contribution is 5.94. The van der Waals surface area contributed by atoms with Gasteiger partial charge in [0, 0.05) is 25.8 Å². The molecule has 0 aliphatic carbocycles. The number of piperidine rings is 1. The lowest BCUT2D eigenvalue weighted by molar-refractivity contribution is 0.0571. The minimum atomic E-state index is 0.0852. The molecular formula is C20H23NO3. The summed E-state index contributed by atoms with van der Waals surface area (Å²) in [5, 5.41) is 0. The number of carbonyl (C=O) groups is 1. The monoisotopic (exact) mass is 325 g/mol. The molecule has 1 aliphatic rings. The number of para-hydroxylation sites is 1. The summed E-state index contributed by atoms with van der Waals surface area (Å²) in [7, 11) is 1.71. The number of benzene rings is 2. The van der Waals surface area contributed by atoms with E-state index < -0.39 is 0 Å². The van der Waals surface area contributed by atoms with E-state index in [1.807, 2.05) is 59.5 Å². The molecule has 1 fully saturated rings. The molecule has 0 bridgehead atoms. The van der Waals surface area contributed by atoms with E-state index in [9.17, 15) is 4.79 Å². The maximum Gasteiger partial charge on any atom is 0.253 e. The first kappa shape index (κ1) is 16.5. The van der Waals surface area contributed by atoms with E-state index in [0.29, 0.717) is 18.1 Å². The van der Waals surface area contributed by atoms with Gasteiger partial charge in [-0.2, -0.15) is 0 Å². The Labute approximate surface area is 143 Å². The summed E-state index contributed by atoms with van der Waals surface area (Å²) in [5.41, 5.74) is 0.702. The fourth-order valence-electron chi connectivity index (χ4n) is 3.09. The van der Waals surface area contributed by atoms with Crippen LogP contribution in [0.3, 0.4) is 0 Å². The number of amides is 1. The van der Waals surface area contributed by atoms with Crippen LogP contribution in [0.4, 0.5) is 0 Å². The SMILES string of the molecule is COCC1CCCN(C(=O)c2ccc(Oc3ccccc3)cc2)C1. The van der Waals surface area contributed by atoms with Gasteiger partial charge in [0.2, 0.25) is 0 Å². The van der Waals surface area contributed by atoms with Gasteiger partial charge < -0.3 is 14.4 Å². The highest BCUT2D eigenvalue weighted by atomic mass is 16.5. The number of hydrogen-bond donors (Lipinski definition) is 0. The fraction of sp³-hybridized carbons (Fsp3) is 0.350. The van der Waals surface area contributed by atoms with Crippen LogP contribution in [0.15, 0.2) is 54.6 Å². The van der Waals surface area contributed by atoms with Gasteiger partial charge in [-0.15, -0.1) is 0 Å². The largest absolute Gasteiger partial charge is 0.457 e. The molecule has 3 rings (SSSR count). The van der Waals surface area contributed by atoms with Crippen molar-refractivity contribution in [3.05, 3.63) is 60.2 Å². The van der Waals surface area contributed by atoms with Crippen molar-refractivity contribution >= 4 is 5.91 Å². The maximum atomic E-state index is 12.7. The van der Waals surface area contributed by atoms with E-state index in [0.717, 1.165) is 37.4 Å². The second-order valence-corrected chi connectivity index (χ2v) is 6.15. The Balaban J connectivity index is 1.63. The maximum absolute atomic E-state index is 12.7. The number of carbonyl (C=O) groups excluding carboxylic acids is 1. The first-order chi connectivity index (χ1) is 11.8. The predicted molar refractivity (Wildman–Crippen MR) is 93.5 cm³/mol. The van der Waals surface area contributed by atoms with Crippen LogP contribution in [0.5, 0.6) is 11.5 Å². The molecule has 2 aromatic carbocycles. The third kappa shape index (κ3) is 4.15. The molecule has 0 radical (unpaired) electrons. The molecule has 1 aliphatic heterocycles. The molecule has 0 N–H and O–H groups in total. The average Bonchev–Trinajstić information content (AvgIpc) is 2.63. The van der Waals surface area contributed by atoms with E-state index in [2.05, 4.69) is 0 Å². The van der Waals surface area contributed by atoms with Crippen molar-refractivity contribution < 1.29 is 14.3 Å². The Morgan fingerprint density at radius 2 is 1.79 bits per heavy atom. The Morgan fingerprint density at radius 1 is 1.08 bits per heavy atom. The quantitative estimate of drug-likeness (QED) is 0.835. The molecule has 0 aromatic heterocycles. The molecule has 4 heteroatoms. The number of nitrogens with zero attached hydrogens (tertiary/aromatic N) is 1. The zero-order chi connectivity index (χ0) is 16.8. The van der Waals surface area contributed by atoms with Crippen LogP contribution in [0.25, 0.3) is 0 Å². The molecule has 24 heavy (non-hydrogen) atoms. The van der Waals surface area contributed by atoms with Gasteiger partial charge in [-0.3, -0.25) is 4.79 Å². The van der Waals surface area contributed by atoms with Gasteiger partial charge in [0.25, 0.3) is 5.91 Å². The molecule has 4 nitrogen and oxygen atoms in total. The molecule has 1 unspecified atom stereocenters. The van der Waals surface area contributed by atoms with Crippen LogP contribution in [0.2, 0.25) is 0 Å². The zero-order valence-corrected chi connectivity index (χ0v) is 14.0. The normalized spacial score (nSPS) is 17.5. The molecular weight excluding hydrogens is 302 g/mol. The number of likely N-dealkylation sites (tertiary alicyclic amines) is 1.